The molecule has 1 fully saturated rings. The summed E-state index contributed by atoms with van der Waals surface area (Å²) in [6, 6.07) is 8.16. The summed E-state index contributed by atoms with van der Waals surface area (Å²) >= 11 is 3.57. The molecule has 0 amide bonds. The van der Waals surface area contributed by atoms with Crippen LogP contribution in [-0.4, -0.2) is 40.6 Å². The highest BCUT2D eigenvalue weighted by molar-refractivity contribution is 14.2. The summed E-state index contributed by atoms with van der Waals surface area (Å²) in [6.45, 7) is 2.30. The Balaban J connectivity index is 1.95. The topological polar surface area (TPSA) is 58.9 Å². The van der Waals surface area contributed by atoms with E-state index in [0.717, 1.165) is 4.90 Å². The second kappa shape index (κ2) is 8.21. The predicted octanol–water partition coefficient (Wildman–Crippen LogP) is 2.94. The monoisotopic (exact) mass is 428 g/mol. The van der Waals surface area contributed by atoms with E-state index in [1.165, 1.54) is 14.8 Å². The van der Waals surface area contributed by atoms with E-state index in [9.17, 15) is 10.2 Å². The van der Waals surface area contributed by atoms with Crippen LogP contribution in [0.3, 0.4) is 0 Å². The lowest BCUT2D eigenvalue weighted by molar-refractivity contribution is -0.153. The van der Waals surface area contributed by atoms with Crippen molar-refractivity contribution in [1.82, 2.24) is 0 Å². The Morgan fingerprint density at radius 1 is 1.35 bits per heavy atom. The van der Waals surface area contributed by atoms with Gasteiger partial charge in [-0.15, -0.1) is 0 Å². The van der Waals surface area contributed by atoms with Crippen LogP contribution < -0.4 is 0 Å². The van der Waals surface area contributed by atoms with Crippen molar-refractivity contribution in [3.8, 4) is 0 Å². The molecule has 0 radical (unpaired) electrons. The fourth-order valence-electron chi connectivity index (χ4n) is 1.99. The molecule has 0 aliphatic carbocycles. The van der Waals surface area contributed by atoms with E-state index in [2.05, 4.69) is 0 Å². The lowest BCUT2D eigenvalue weighted by Crippen LogP contribution is -2.49. The van der Waals surface area contributed by atoms with Crippen molar-refractivity contribution < 1.29 is 19.1 Å². The van der Waals surface area contributed by atoms with Gasteiger partial charge in [0.25, 0.3) is 0 Å². The fourth-order valence-corrected chi connectivity index (χ4v) is 3.70. The summed E-state index contributed by atoms with van der Waals surface area (Å²) < 4.78 is 11.0. The van der Waals surface area contributed by atoms with Crippen molar-refractivity contribution in [2.75, 3.05) is 6.61 Å². The largest absolute Gasteiger partial charge is 0.390 e. The molecule has 0 spiro atoms. The van der Waals surface area contributed by atoms with Gasteiger partial charge in [0.2, 0.25) is 0 Å². The number of hydrogen-bond acceptors (Lipinski definition) is 6. The van der Waals surface area contributed by atoms with Crippen molar-refractivity contribution in [3.05, 3.63) is 29.8 Å². The zero-order chi connectivity index (χ0) is 14.5. The summed E-state index contributed by atoms with van der Waals surface area (Å²) in [4.78, 5) is 1.09. The second-order valence-electron chi connectivity index (χ2n) is 4.68. The number of rotatable bonds is 5. The van der Waals surface area contributed by atoms with Gasteiger partial charge in [-0.05, 0) is 19.1 Å². The number of thioether (sulfide) groups is 1. The first-order valence-corrected chi connectivity index (χ1v) is 10.4. The van der Waals surface area contributed by atoms with Crippen LogP contribution in [0.4, 0.5) is 0 Å². The summed E-state index contributed by atoms with van der Waals surface area (Å²) in [7, 11) is 1.20. The quantitative estimate of drug-likeness (QED) is 0.556. The van der Waals surface area contributed by atoms with Gasteiger partial charge in [0.15, 0.2) is 0 Å². The predicted molar refractivity (Wildman–Crippen MR) is 89.9 cm³/mol. The number of halogens is 1. The van der Waals surface area contributed by atoms with Gasteiger partial charge in [-0.25, -0.2) is 0 Å². The van der Waals surface area contributed by atoms with E-state index in [1.807, 2.05) is 52.4 Å². The minimum Gasteiger partial charge on any atom is -0.390 e. The molecule has 1 aliphatic heterocycles. The lowest BCUT2D eigenvalue weighted by Gasteiger charge is -2.36. The highest BCUT2D eigenvalue weighted by Gasteiger charge is 2.37. The molecular weight excluding hydrogens is 411 g/mol. The van der Waals surface area contributed by atoms with Crippen LogP contribution in [0.5, 0.6) is 0 Å². The van der Waals surface area contributed by atoms with Crippen LogP contribution >= 0.6 is 42.2 Å². The van der Waals surface area contributed by atoms with Gasteiger partial charge in [0, 0.05) is 32.5 Å². The van der Waals surface area contributed by atoms with Gasteiger partial charge in [-0.3, -0.25) is 0 Å². The van der Waals surface area contributed by atoms with E-state index < -0.39 is 18.3 Å². The maximum atomic E-state index is 9.93. The standard InChI is InChI=1S/C13H17IO4S2/c1-8-2-4-9(5-3-8)19-12-6-10(15)13(16)11(18-12)7-17-20-14/h2-5,10-13,15-16H,6-7H2,1H3. The first-order chi connectivity index (χ1) is 9.60. The third kappa shape index (κ3) is 4.75. The Morgan fingerprint density at radius 3 is 2.70 bits per heavy atom. The zero-order valence-electron chi connectivity index (χ0n) is 10.9. The SMILES string of the molecule is Cc1ccc(SC2CC(O)C(O)C(COSI)O2)cc1. The molecule has 1 saturated heterocycles. The van der Waals surface area contributed by atoms with Gasteiger partial charge in [-0.2, -0.15) is 0 Å². The van der Waals surface area contributed by atoms with E-state index in [4.69, 9.17) is 8.92 Å². The number of aliphatic hydroxyl groups excluding tert-OH is 2. The third-order valence-corrected chi connectivity index (χ3v) is 5.20. The lowest BCUT2D eigenvalue weighted by atomic mass is 10.0. The van der Waals surface area contributed by atoms with E-state index in [0.29, 0.717) is 6.42 Å². The molecule has 112 valence electrons. The summed E-state index contributed by atoms with van der Waals surface area (Å²) in [5.41, 5.74) is 1.03. The molecule has 2 N–H and O–H groups in total. The van der Waals surface area contributed by atoms with E-state index in [-0.39, 0.29) is 12.0 Å². The summed E-state index contributed by atoms with van der Waals surface area (Å²) in [5.74, 6) is 0. The van der Waals surface area contributed by atoms with Gasteiger partial charge in [-0.1, -0.05) is 29.5 Å². The fraction of sp³-hybridized carbons (Fsp3) is 0.538. The molecule has 1 aromatic rings. The molecule has 2 rings (SSSR count). The minimum atomic E-state index is -0.895. The Hall–Kier alpha value is 0.490. The van der Waals surface area contributed by atoms with Gasteiger partial charge < -0.3 is 19.1 Å². The normalized spacial score (nSPS) is 30.4. The molecule has 1 aromatic carbocycles. The summed E-state index contributed by atoms with van der Waals surface area (Å²) in [6.07, 6.45) is -1.76. The van der Waals surface area contributed by atoms with Crippen LogP contribution in [0.1, 0.15) is 12.0 Å². The molecule has 7 heteroatoms. The Morgan fingerprint density at radius 2 is 2.05 bits per heavy atom. The van der Waals surface area contributed by atoms with E-state index >= 15 is 0 Å². The number of benzene rings is 1. The van der Waals surface area contributed by atoms with Crippen LogP contribution in [0.2, 0.25) is 0 Å². The Kier molecular flexibility index (Phi) is 6.92. The molecule has 0 aromatic heterocycles. The first-order valence-electron chi connectivity index (χ1n) is 6.25. The Bertz CT molecular complexity index is 417. The smallest absolute Gasteiger partial charge is 0.112 e. The van der Waals surface area contributed by atoms with Crippen molar-refractivity contribution in [2.45, 2.75) is 42.0 Å². The van der Waals surface area contributed by atoms with Crippen LogP contribution in [0.25, 0.3) is 0 Å². The van der Waals surface area contributed by atoms with Crippen molar-refractivity contribution >= 4 is 42.2 Å². The first kappa shape index (κ1) is 16.9. The van der Waals surface area contributed by atoms with Crippen LogP contribution in [0.15, 0.2) is 29.2 Å². The van der Waals surface area contributed by atoms with Gasteiger partial charge in [0.1, 0.15) is 17.6 Å². The average Bonchev–Trinajstić information content (AvgIpc) is 2.43. The van der Waals surface area contributed by atoms with E-state index in [1.54, 1.807) is 11.8 Å². The molecule has 4 unspecified atom stereocenters. The third-order valence-electron chi connectivity index (χ3n) is 3.10. The number of ether oxygens (including phenoxy) is 1. The molecule has 4 atom stereocenters. The number of hydrogen-bond donors (Lipinski definition) is 2. The summed E-state index contributed by atoms with van der Waals surface area (Å²) in [5, 5.41) is 19.8. The molecule has 1 aliphatic rings. The molecule has 20 heavy (non-hydrogen) atoms. The molecular formula is C13H17IO4S2. The highest BCUT2D eigenvalue weighted by atomic mass is 127. The van der Waals surface area contributed by atoms with Crippen molar-refractivity contribution in [3.63, 3.8) is 0 Å². The minimum absolute atomic E-state index is 0.177. The number of aliphatic hydroxyl groups is 2. The molecule has 4 nitrogen and oxygen atoms in total. The second-order valence-corrected chi connectivity index (χ2v) is 7.35. The molecule has 1 heterocycles. The molecule has 0 saturated carbocycles. The van der Waals surface area contributed by atoms with Crippen molar-refractivity contribution in [1.29, 1.82) is 0 Å². The van der Waals surface area contributed by atoms with Crippen LogP contribution in [0, 0.1) is 6.92 Å². The van der Waals surface area contributed by atoms with Gasteiger partial charge in [0.05, 0.1) is 21.9 Å². The number of aryl methyl sites for hydroxylation is 1. The zero-order valence-corrected chi connectivity index (χ0v) is 14.7. The molecule has 0 bridgehead atoms. The average molecular weight is 428 g/mol. The van der Waals surface area contributed by atoms with Crippen molar-refractivity contribution in [2.24, 2.45) is 0 Å². The van der Waals surface area contributed by atoms with Gasteiger partial charge >= 0.3 is 0 Å². The highest BCUT2D eigenvalue weighted by Crippen LogP contribution is 2.33. The Labute approximate surface area is 139 Å². The maximum Gasteiger partial charge on any atom is 0.112 e. The maximum absolute atomic E-state index is 9.93. The van der Waals surface area contributed by atoms with Crippen LogP contribution in [-0.2, 0) is 8.92 Å².